The first-order valence-electron chi connectivity index (χ1n) is 9.42. The Morgan fingerprint density at radius 2 is 1.91 bits per heavy atom. The van der Waals surface area contributed by atoms with E-state index in [1.807, 2.05) is 0 Å². The van der Waals surface area contributed by atoms with E-state index in [1.165, 1.54) is 18.6 Å². The van der Waals surface area contributed by atoms with Gasteiger partial charge in [0.1, 0.15) is 0 Å². The van der Waals surface area contributed by atoms with Crippen molar-refractivity contribution in [1.29, 1.82) is 0 Å². The van der Waals surface area contributed by atoms with Crippen LogP contribution in [0.2, 0.25) is 23.7 Å². The second kappa shape index (κ2) is 8.15. The molecule has 0 spiro atoms. The molecule has 0 saturated carbocycles. The number of nitrogens with zero attached hydrogens (tertiary/aromatic N) is 2. The van der Waals surface area contributed by atoms with Gasteiger partial charge >= 0.3 is 0 Å². The Morgan fingerprint density at radius 1 is 1.30 bits per heavy atom. The maximum absolute atomic E-state index is 5.38. The van der Waals surface area contributed by atoms with E-state index in [0.717, 1.165) is 19.6 Å². The average molecular weight is 341 g/mol. The monoisotopic (exact) mass is 340 g/mol. The van der Waals surface area contributed by atoms with Gasteiger partial charge in [-0.15, -0.1) is 0 Å². The summed E-state index contributed by atoms with van der Waals surface area (Å²) in [5.74, 6) is 0.706. The summed E-state index contributed by atoms with van der Waals surface area (Å²) in [6.45, 7) is 21.4. The minimum atomic E-state index is -1.48. The molecule has 1 aliphatic heterocycles. The molecular weight excluding hydrogens is 300 g/mol. The topological polar surface area (TPSA) is 24.8 Å². The smallest absolute Gasteiger partial charge is 0.0704 e. The normalized spacial score (nSPS) is 22.1. The van der Waals surface area contributed by atoms with E-state index in [4.69, 9.17) is 9.84 Å². The van der Waals surface area contributed by atoms with E-state index in [9.17, 15) is 0 Å². The second-order valence-electron chi connectivity index (χ2n) is 8.68. The zero-order chi connectivity index (χ0) is 17.8. The Balaban J connectivity index is 3.02. The lowest BCUT2D eigenvalue weighted by Gasteiger charge is -2.47. The molecule has 4 heteroatoms. The summed E-state index contributed by atoms with van der Waals surface area (Å²) in [6.07, 6.45) is 3.50. The van der Waals surface area contributed by atoms with Crippen molar-refractivity contribution in [3.63, 3.8) is 0 Å². The van der Waals surface area contributed by atoms with Gasteiger partial charge in [-0.05, 0) is 35.8 Å². The van der Waals surface area contributed by atoms with Gasteiger partial charge in [0.05, 0.1) is 20.7 Å². The molecule has 0 radical (unpaired) electrons. The summed E-state index contributed by atoms with van der Waals surface area (Å²) in [4.78, 5) is 0. The molecule has 0 amide bonds. The summed E-state index contributed by atoms with van der Waals surface area (Å²) < 4.78 is 5.38. The molecule has 1 fully saturated rings. The first-order chi connectivity index (χ1) is 10.6. The van der Waals surface area contributed by atoms with Crippen molar-refractivity contribution in [2.45, 2.75) is 90.5 Å². The Hall–Kier alpha value is -0.353. The van der Waals surface area contributed by atoms with Crippen molar-refractivity contribution in [3.05, 3.63) is 0 Å². The predicted molar refractivity (Wildman–Crippen MR) is 105 cm³/mol. The van der Waals surface area contributed by atoms with Crippen LogP contribution in [-0.2, 0) is 4.74 Å². The Kier molecular flexibility index (Phi) is 7.33. The lowest BCUT2D eigenvalue weighted by atomic mass is 9.99. The summed E-state index contributed by atoms with van der Waals surface area (Å²) in [7, 11) is 0.314. The Labute approximate surface area is 145 Å². The third-order valence-electron chi connectivity index (χ3n) is 7.01. The SMILES string of the molecule is CCC(=NN1CCC[C@H]1COC)[C@@H](C)[Si](C)(C)C(C)(C)C(C)C. The summed E-state index contributed by atoms with van der Waals surface area (Å²) in [5, 5.41) is 7.85. The third kappa shape index (κ3) is 4.39. The van der Waals surface area contributed by atoms with E-state index in [1.54, 1.807) is 7.11 Å². The summed E-state index contributed by atoms with van der Waals surface area (Å²) in [6, 6.07) is 0.469. The molecule has 0 unspecified atom stereocenters. The number of rotatable bonds is 8. The lowest BCUT2D eigenvalue weighted by molar-refractivity contribution is 0.117. The van der Waals surface area contributed by atoms with Gasteiger partial charge < -0.3 is 4.74 Å². The number of hydrazone groups is 1. The molecule has 0 aliphatic carbocycles. The van der Waals surface area contributed by atoms with Crippen LogP contribution in [-0.4, -0.2) is 45.1 Å². The van der Waals surface area contributed by atoms with Crippen LogP contribution in [0.3, 0.4) is 0 Å². The first kappa shape index (κ1) is 20.7. The van der Waals surface area contributed by atoms with E-state index in [-0.39, 0.29) is 0 Å². The number of hydrogen-bond donors (Lipinski definition) is 0. The van der Waals surface area contributed by atoms with Crippen molar-refractivity contribution in [2.24, 2.45) is 11.0 Å². The molecule has 3 nitrogen and oxygen atoms in total. The van der Waals surface area contributed by atoms with Gasteiger partial charge in [-0.1, -0.05) is 54.6 Å². The van der Waals surface area contributed by atoms with E-state index >= 15 is 0 Å². The molecule has 1 saturated heterocycles. The fraction of sp³-hybridized carbons (Fsp3) is 0.947. The third-order valence-corrected chi connectivity index (χ3v) is 13.4. The number of hydrogen-bond acceptors (Lipinski definition) is 3. The highest BCUT2D eigenvalue weighted by Crippen LogP contribution is 2.50. The fourth-order valence-corrected chi connectivity index (χ4v) is 7.36. The molecule has 136 valence electrons. The first-order valence-corrected chi connectivity index (χ1v) is 12.5. The molecule has 0 bridgehead atoms. The van der Waals surface area contributed by atoms with E-state index in [0.29, 0.717) is 22.5 Å². The Bertz CT molecular complexity index is 404. The van der Waals surface area contributed by atoms with Crippen LogP contribution in [0.15, 0.2) is 5.10 Å². The van der Waals surface area contributed by atoms with E-state index in [2.05, 4.69) is 59.6 Å². The van der Waals surface area contributed by atoms with Crippen molar-refractivity contribution in [1.82, 2.24) is 5.01 Å². The van der Waals surface area contributed by atoms with Crippen LogP contribution in [0.1, 0.15) is 60.8 Å². The number of ether oxygens (including phenoxy) is 1. The highest BCUT2D eigenvalue weighted by molar-refractivity contribution is 6.84. The van der Waals surface area contributed by atoms with Gasteiger partial charge in [-0.2, -0.15) is 5.10 Å². The predicted octanol–water partition coefficient (Wildman–Crippen LogP) is 5.40. The molecule has 1 heterocycles. The van der Waals surface area contributed by atoms with Crippen LogP contribution in [0.5, 0.6) is 0 Å². The van der Waals surface area contributed by atoms with Crippen LogP contribution >= 0.6 is 0 Å². The summed E-state index contributed by atoms with van der Waals surface area (Å²) >= 11 is 0. The zero-order valence-corrected chi connectivity index (χ0v) is 18.1. The highest BCUT2D eigenvalue weighted by atomic mass is 28.3. The highest BCUT2D eigenvalue weighted by Gasteiger charge is 2.46. The maximum atomic E-state index is 5.38. The molecule has 0 N–H and O–H groups in total. The van der Waals surface area contributed by atoms with Gasteiger partial charge in [0.25, 0.3) is 0 Å². The van der Waals surface area contributed by atoms with Crippen LogP contribution < -0.4 is 0 Å². The zero-order valence-electron chi connectivity index (χ0n) is 17.1. The van der Waals surface area contributed by atoms with Gasteiger partial charge in [0, 0.05) is 19.4 Å². The van der Waals surface area contributed by atoms with Gasteiger partial charge in [0.15, 0.2) is 0 Å². The molecule has 1 aliphatic rings. The van der Waals surface area contributed by atoms with Crippen molar-refractivity contribution in [2.75, 3.05) is 20.3 Å². The number of methoxy groups -OCH3 is 1. The molecule has 1 rings (SSSR count). The van der Waals surface area contributed by atoms with Gasteiger partial charge in [-0.3, -0.25) is 5.01 Å². The molecule has 23 heavy (non-hydrogen) atoms. The maximum Gasteiger partial charge on any atom is 0.0704 e. The van der Waals surface area contributed by atoms with Gasteiger partial charge in [-0.25, -0.2) is 0 Å². The Morgan fingerprint density at radius 3 is 2.39 bits per heavy atom. The van der Waals surface area contributed by atoms with Crippen LogP contribution in [0.4, 0.5) is 0 Å². The van der Waals surface area contributed by atoms with Crippen molar-refractivity contribution < 1.29 is 4.74 Å². The summed E-state index contributed by atoms with van der Waals surface area (Å²) in [5.41, 5.74) is 2.01. The fourth-order valence-electron chi connectivity index (χ4n) is 3.66. The molecule has 0 aromatic carbocycles. The van der Waals surface area contributed by atoms with Crippen LogP contribution in [0.25, 0.3) is 0 Å². The average Bonchev–Trinajstić information content (AvgIpc) is 2.91. The van der Waals surface area contributed by atoms with Crippen molar-refractivity contribution >= 4 is 13.8 Å². The quantitative estimate of drug-likeness (QED) is 0.436. The molecule has 2 atom stereocenters. The molecular formula is C19H40N2OSi. The van der Waals surface area contributed by atoms with Crippen molar-refractivity contribution in [3.8, 4) is 0 Å². The standard InChI is InChI=1S/C19H40N2OSi/c1-10-18(20-21-13-11-12-17(21)14-22-7)16(4)23(8,9)19(5,6)15(2)3/h15-17H,10-14H2,1-9H3/t16-,17+/m1/s1. The molecule has 0 aromatic heterocycles. The molecule has 0 aromatic rings. The minimum Gasteiger partial charge on any atom is -0.382 e. The second-order valence-corrected chi connectivity index (χ2v) is 14.3. The largest absolute Gasteiger partial charge is 0.382 e. The van der Waals surface area contributed by atoms with E-state index < -0.39 is 8.07 Å². The van der Waals surface area contributed by atoms with Gasteiger partial charge in [0.2, 0.25) is 0 Å². The minimum absolute atomic E-state index is 0.402. The van der Waals surface area contributed by atoms with Crippen LogP contribution in [0, 0.1) is 5.92 Å². The lowest BCUT2D eigenvalue weighted by Crippen LogP contribution is -2.48.